The van der Waals surface area contributed by atoms with E-state index in [1.165, 1.54) is 4.88 Å². The van der Waals surface area contributed by atoms with Gasteiger partial charge in [0.2, 0.25) is 11.8 Å². The second kappa shape index (κ2) is 9.75. The molecular formula is C27H44N4O3S. The Kier molecular flexibility index (Phi) is 7.39. The van der Waals surface area contributed by atoms with Crippen LogP contribution in [0.15, 0.2) is 0 Å². The minimum absolute atomic E-state index is 0.00350. The molecule has 1 saturated carbocycles. The number of nitrogens with one attached hydrogen (secondary N) is 1. The third-order valence-electron chi connectivity index (χ3n) is 8.71. The number of hydrogen-bond acceptors (Lipinski definition) is 6. The number of aliphatic hydroxyl groups is 1. The van der Waals surface area contributed by atoms with E-state index in [1.54, 1.807) is 11.3 Å². The zero-order valence-corrected chi connectivity index (χ0v) is 23.4. The van der Waals surface area contributed by atoms with Gasteiger partial charge in [-0.25, -0.2) is 4.98 Å². The van der Waals surface area contributed by atoms with Gasteiger partial charge in [0, 0.05) is 49.3 Å². The van der Waals surface area contributed by atoms with E-state index in [2.05, 4.69) is 51.9 Å². The van der Waals surface area contributed by atoms with Crippen molar-refractivity contribution in [1.29, 1.82) is 0 Å². The molecule has 4 rings (SSSR count). The van der Waals surface area contributed by atoms with E-state index in [9.17, 15) is 14.7 Å². The van der Waals surface area contributed by atoms with Gasteiger partial charge >= 0.3 is 0 Å². The molecular weight excluding hydrogens is 460 g/mol. The van der Waals surface area contributed by atoms with Crippen LogP contribution >= 0.6 is 11.3 Å². The lowest BCUT2D eigenvalue weighted by atomic mass is 9.53. The van der Waals surface area contributed by atoms with Gasteiger partial charge in [-0.1, -0.05) is 41.5 Å². The fourth-order valence-corrected chi connectivity index (χ4v) is 8.02. The van der Waals surface area contributed by atoms with Gasteiger partial charge in [-0.15, -0.1) is 11.3 Å². The van der Waals surface area contributed by atoms with E-state index in [0.29, 0.717) is 11.6 Å². The maximum atomic E-state index is 13.3. The highest BCUT2D eigenvalue weighted by Crippen LogP contribution is 2.57. The lowest BCUT2D eigenvalue weighted by Gasteiger charge is -2.53. The smallest absolute Gasteiger partial charge is 0.226 e. The van der Waals surface area contributed by atoms with Crippen molar-refractivity contribution in [2.75, 3.05) is 38.5 Å². The zero-order chi connectivity index (χ0) is 25.7. The molecule has 2 heterocycles. The number of anilines is 1. The van der Waals surface area contributed by atoms with Gasteiger partial charge in [-0.3, -0.25) is 9.59 Å². The van der Waals surface area contributed by atoms with Gasteiger partial charge in [0.1, 0.15) is 0 Å². The Morgan fingerprint density at radius 3 is 2.54 bits per heavy atom. The molecule has 0 spiro atoms. The number of carbonyl (C=O) groups excluding carboxylic acids is 2. The quantitative estimate of drug-likeness (QED) is 0.648. The topological polar surface area (TPSA) is 85.8 Å². The summed E-state index contributed by atoms with van der Waals surface area (Å²) in [4.78, 5) is 36.1. The van der Waals surface area contributed by atoms with Crippen LogP contribution in [0.25, 0.3) is 0 Å². The van der Waals surface area contributed by atoms with Crippen LogP contribution in [0.2, 0.25) is 0 Å². The second-order valence-electron chi connectivity index (χ2n) is 12.9. The number of thiazole rings is 1. The van der Waals surface area contributed by atoms with Gasteiger partial charge in [0.05, 0.1) is 11.8 Å². The maximum absolute atomic E-state index is 13.3. The Bertz CT molecular complexity index is 949. The number of aromatic nitrogens is 1. The summed E-state index contributed by atoms with van der Waals surface area (Å²) in [7, 11) is 2.09. The maximum Gasteiger partial charge on any atom is 0.226 e. The monoisotopic (exact) mass is 504 g/mol. The Morgan fingerprint density at radius 1 is 1.26 bits per heavy atom. The van der Waals surface area contributed by atoms with Gasteiger partial charge in [-0.2, -0.15) is 0 Å². The summed E-state index contributed by atoms with van der Waals surface area (Å²) >= 11 is 1.59. The molecule has 1 aromatic rings. The predicted octanol–water partition coefficient (Wildman–Crippen LogP) is 3.98. The van der Waals surface area contributed by atoms with Crippen molar-refractivity contribution < 1.29 is 14.7 Å². The number of hydrogen-bond donors (Lipinski definition) is 2. The van der Waals surface area contributed by atoms with Crippen LogP contribution in [0.5, 0.6) is 0 Å². The van der Waals surface area contributed by atoms with E-state index >= 15 is 0 Å². The van der Waals surface area contributed by atoms with Crippen LogP contribution in [0.1, 0.15) is 77.3 Å². The first kappa shape index (κ1) is 26.6. The number of carbonyl (C=O) groups is 2. The van der Waals surface area contributed by atoms with Crippen LogP contribution in [0.3, 0.4) is 0 Å². The molecule has 2 amide bonds. The average molecular weight is 505 g/mol. The van der Waals surface area contributed by atoms with Crippen molar-refractivity contribution in [1.82, 2.24) is 14.8 Å². The highest BCUT2D eigenvalue weighted by molar-refractivity contribution is 7.15. The zero-order valence-electron chi connectivity index (χ0n) is 22.6. The molecule has 0 bridgehead atoms. The van der Waals surface area contributed by atoms with Crippen molar-refractivity contribution in [3.05, 3.63) is 10.6 Å². The van der Waals surface area contributed by atoms with Crippen molar-refractivity contribution in [2.45, 2.75) is 79.2 Å². The molecule has 1 saturated heterocycles. The molecule has 3 aliphatic rings. The van der Waals surface area contributed by atoms with Crippen LogP contribution in [-0.2, 0) is 16.0 Å². The lowest BCUT2D eigenvalue weighted by Crippen LogP contribution is -2.55. The van der Waals surface area contributed by atoms with Crippen LogP contribution < -0.4 is 5.32 Å². The molecule has 0 unspecified atom stereocenters. The van der Waals surface area contributed by atoms with Gasteiger partial charge in [-0.05, 0) is 49.0 Å². The summed E-state index contributed by atoms with van der Waals surface area (Å²) in [5.41, 5.74) is 0.910. The Labute approximate surface area is 214 Å². The van der Waals surface area contributed by atoms with Crippen LogP contribution in [0.4, 0.5) is 5.13 Å². The van der Waals surface area contributed by atoms with Crippen molar-refractivity contribution >= 4 is 28.3 Å². The molecule has 2 fully saturated rings. The molecule has 35 heavy (non-hydrogen) atoms. The van der Waals surface area contributed by atoms with E-state index in [0.717, 1.165) is 51.1 Å². The number of amides is 2. The van der Waals surface area contributed by atoms with E-state index in [4.69, 9.17) is 4.98 Å². The number of likely N-dealkylation sites (N-methyl/N-ethyl adjacent to an activating group) is 1. The summed E-state index contributed by atoms with van der Waals surface area (Å²) in [5, 5.41) is 15.4. The number of nitrogens with zero attached hydrogens (tertiary/aromatic N) is 3. The Hall–Kier alpha value is -1.51. The summed E-state index contributed by atoms with van der Waals surface area (Å²) in [6, 6.07) is 0. The minimum Gasteiger partial charge on any atom is -0.392 e. The molecule has 2 aliphatic carbocycles. The standard InChI is InChI=1S/C27H44N4O3S/c1-16(24(34)31-12-10-30(7)11-13-31)18-8-9-27(6)14-19-22(17(2)21(27)23(18)33)29-25(35-19)28-20(32)15-26(3,4)5/h16-18,21,23,33H,8-15H2,1-7H3,(H,28,29,32)/t16-,17-,18-,21+,23-,27-/m0/s1. The number of fused-ring (bicyclic) bond motifs is 2. The molecule has 8 heteroatoms. The number of rotatable bonds is 4. The fourth-order valence-electron chi connectivity index (χ4n) is 6.74. The molecule has 6 atom stereocenters. The van der Waals surface area contributed by atoms with Crippen LogP contribution in [0, 0.1) is 28.6 Å². The summed E-state index contributed by atoms with van der Waals surface area (Å²) < 4.78 is 0. The molecule has 7 nitrogen and oxygen atoms in total. The number of piperazine rings is 1. The molecule has 196 valence electrons. The fraction of sp³-hybridized carbons (Fsp3) is 0.815. The Balaban J connectivity index is 1.49. The molecule has 0 radical (unpaired) electrons. The van der Waals surface area contributed by atoms with Crippen molar-refractivity contribution in [2.24, 2.45) is 28.6 Å². The Morgan fingerprint density at radius 2 is 1.91 bits per heavy atom. The van der Waals surface area contributed by atoms with Gasteiger partial charge in [0.15, 0.2) is 5.13 Å². The lowest BCUT2D eigenvalue weighted by molar-refractivity contribution is -0.146. The SMILES string of the molecule is C[C@H](C(=O)N1CCN(C)CC1)[C@@H]1CC[C@@]2(C)Cc3sc(NC(=O)CC(C)(C)C)nc3[C@@H](C)[C@@H]2[C@H]1O. The first-order chi connectivity index (χ1) is 16.3. The van der Waals surface area contributed by atoms with Crippen molar-refractivity contribution in [3.63, 3.8) is 0 Å². The third kappa shape index (κ3) is 5.44. The first-order valence-corrected chi connectivity index (χ1v) is 14.1. The molecule has 1 aromatic heterocycles. The molecule has 2 N–H and O–H groups in total. The summed E-state index contributed by atoms with van der Waals surface area (Å²) in [6.07, 6.45) is 2.64. The second-order valence-corrected chi connectivity index (χ2v) is 14.0. The van der Waals surface area contributed by atoms with Gasteiger partial charge < -0.3 is 20.2 Å². The highest BCUT2D eigenvalue weighted by Gasteiger charge is 2.54. The third-order valence-corrected chi connectivity index (χ3v) is 9.69. The predicted molar refractivity (Wildman–Crippen MR) is 141 cm³/mol. The minimum atomic E-state index is -0.538. The largest absolute Gasteiger partial charge is 0.392 e. The average Bonchev–Trinajstić information content (AvgIpc) is 3.13. The first-order valence-electron chi connectivity index (χ1n) is 13.2. The summed E-state index contributed by atoms with van der Waals surface area (Å²) in [5.74, 6) is 0.0976. The number of aliphatic hydroxyl groups excluding tert-OH is 1. The highest BCUT2D eigenvalue weighted by atomic mass is 32.1. The normalized spacial score (nSPS) is 32.5. The van der Waals surface area contributed by atoms with Crippen molar-refractivity contribution in [3.8, 4) is 0 Å². The van der Waals surface area contributed by atoms with E-state index < -0.39 is 6.10 Å². The summed E-state index contributed by atoms with van der Waals surface area (Å²) in [6.45, 7) is 16.0. The molecule has 0 aromatic carbocycles. The van der Waals surface area contributed by atoms with E-state index in [-0.39, 0.29) is 46.3 Å². The van der Waals surface area contributed by atoms with Crippen LogP contribution in [-0.4, -0.2) is 71.0 Å². The van der Waals surface area contributed by atoms with E-state index in [1.807, 2.05) is 11.8 Å². The van der Waals surface area contributed by atoms with Gasteiger partial charge in [0.25, 0.3) is 0 Å². The molecule has 1 aliphatic heterocycles.